The highest BCUT2D eigenvalue weighted by Gasteiger charge is 2.31. The second kappa shape index (κ2) is 7.64. The SMILES string of the molecule is O=c1c2ccccc2ncn1[C@H]1CCCN(S(=O)(=O)Cc2cc(F)ccc2F)C1. The maximum absolute atomic E-state index is 13.9. The van der Waals surface area contributed by atoms with Crippen LogP contribution in [0.15, 0.2) is 53.6 Å². The summed E-state index contributed by atoms with van der Waals surface area (Å²) in [7, 11) is -3.88. The molecule has 1 aliphatic heterocycles. The Morgan fingerprint density at radius 3 is 2.76 bits per heavy atom. The van der Waals surface area contributed by atoms with E-state index in [2.05, 4.69) is 4.98 Å². The number of hydrogen-bond acceptors (Lipinski definition) is 4. The van der Waals surface area contributed by atoms with Crippen molar-refractivity contribution in [2.75, 3.05) is 13.1 Å². The van der Waals surface area contributed by atoms with Crippen LogP contribution in [0, 0.1) is 11.6 Å². The predicted octanol–water partition coefficient (Wildman–Crippen LogP) is 2.84. The lowest BCUT2D eigenvalue weighted by Gasteiger charge is -2.32. The van der Waals surface area contributed by atoms with Crippen LogP contribution in [0.1, 0.15) is 24.4 Å². The largest absolute Gasteiger partial charge is 0.294 e. The molecule has 0 bridgehead atoms. The van der Waals surface area contributed by atoms with Crippen molar-refractivity contribution in [3.05, 3.63) is 76.3 Å². The average Bonchev–Trinajstić information content (AvgIpc) is 2.71. The maximum atomic E-state index is 13.9. The van der Waals surface area contributed by atoms with Gasteiger partial charge in [-0.15, -0.1) is 0 Å². The molecule has 6 nitrogen and oxygen atoms in total. The molecule has 2 aromatic carbocycles. The minimum atomic E-state index is -3.88. The fourth-order valence-corrected chi connectivity index (χ4v) is 5.29. The molecular formula is C20H19F2N3O3S. The number of aromatic nitrogens is 2. The van der Waals surface area contributed by atoms with Crippen LogP contribution >= 0.6 is 0 Å². The van der Waals surface area contributed by atoms with E-state index in [1.165, 1.54) is 15.2 Å². The molecule has 1 aliphatic rings. The molecule has 4 rings (SSSR count). The topological polar surface area (TPSA) is 72.3 Å². The van der Waals surface area contributed by atoms with E-state index < -0.39 is 27.4 Å². The van der Waals surface area contributed by atoms with Crippen molar-refractivity contribution >= 4 is 20.9 Å². The van der Waals surface area contributed by atoms with Gasteiger partial charge in [0.05, 0.1) is 29.0 Å². The minimum absolute atomic E-state index is 0.0825. The Bertz CT molecular complexity index is 1230. The molecule has 1 saturated heterocycles. The number of sulfonamides is 1. The van der Waals surface area contributed by atoms with Crippen LogP contribution < -0.4 is 5.56 Å². The first-order valence-electron chi connectivity index (χ1n) is 9.23. The summed E-state index contributed by atoms with van der Waals surface area (Å²) in [5.41, 5.74) is 0.142. The van der Waals surface area contributed by atoms with E-state index in [0.717, 1.165) is 18.2 Å². The second-order valence-corrected chi connectivity index (χ2v) is 9.09. The number of hydrogen-bond donors (Lipinski definition) is 0. The second-order valence-electron chi connectivity index (χ2n) is 7.12. The molecule has 1 fully saturated rings. The van der Waals surface area contributed by atoms with Crippen LogP contribution in [-0.2, 0) is 15.8 Å². The van der Waals surface area contributed by atoms with Gasteiger partial charge in [-0.05, 0) is 43.2 Å². The molecule has 1 aromatic heterocycles. The fraction of sp³-hybridized carbons (Fsp3) is 0.300. The Labute approximate surface area is 166 Å². The lowest BCUT2D eigenvalue weighted by molar-refractivity contribution is 0.262. The number of piperidine rings is 1. The normalized spacial score (nSPS) is 18.2. The van der Waals surface area contributed by atoms with Gasteiger partial charge in [0.25, 0.3) is 5.56 Å². The van der Waals surface area contributed by atoms with E-state index in [1.54, 1.807) is 24.3 Å². The zero-order chi connectivity index (χ0) is 20.6. The number of benzene rings is 2. The molecule has 0 saturated carbocycles. The molecule has 0 spiro atoms. The lowest BCUT2D eigenvalue weighted by atomic mass is 10.1. The van der Waals surface area contributed by atoms with Crippen molar-refractivity contribution in [2.45, 2.75) is 24.6 Å². The number of para-hydroxylation sites is 1. The zero-order valence-corrected chi connectivity index (χ0v) is 16.3. The summed E-state index contributed by atoms with van der Waals surface area (Å²) in [5, 5.41) is 0.469. The van der Waals surface area contributed by atoms with Gasteiger partial charge in [-0.3, -0.25) is 9.36 Å². The van der Waals surface area contributed by atoms with Gasteiger partial charge < -0.3 is 0 Å². The lowest BCUT2D eigenvalue weighted by Crippen LogP contribution is -2.43. The maximum Gasteiger partial charge on any atom is 0.261 e. The number of rotatable bonds is 4. The van der Waals surface area contributed by atoms with Crippen molar-refractivity contribution in [3.8, 4) is 0 Å². The van der Waals surface area contributed by atoms with Crippen molar-refractivity contribution in [1.82, 2.24) is 13.9 Å². The van der Waals surface area contributed by atoms with Crippen molar-refractivity contribution in [2.24, 2.45) is 0 Å². The fourth-order valence-electron chi connectivity index (χ4n) is 3.69. The molecule has 152 valence electrons. The van der Waals surface area contributed by atoms with E-state index in [1.807, 2.05) is 0 Å². The Morgan fingerprint density at radius 2 is 1.93 bits per heavy atom. The van der Waals surface area contributed by atoms with Crippen molar-refractivity contribution in [3.63, 3.8) is 0 Å². The molecule has 0 unspecified atom stereocenters. The van der Waals surface area contributed by atoms with Gasteiger partial charge >= 0.3 is 0 Å². The molecule has 9 heteroatoms. The standard InChI is InChI=1S/C20H19F2N3O3S/c21-15-7-8-18(22)14(10-15)12-29(27,28)24-9-3-4-16(11-24)25-13-23-19-6-2-1-5-17(19)20(25)26/h1-2,5-8,10,13,16H,3-4,9,11-12H2/t16-/m0/s1. The first-order chi connectivity index (χ1) is 13.8. The summed E-state index contributed by atoms with van der Waals surface area (Å²) >= 11 is 0. The number of halogens is 2. The van der Waals surface area contributed by atoms with Crippen LogP contribution in [0.4, 0.5) is 8.78 Å². The number of nitrogens with zero attached hydrogens (tertiary/aromatic N) is 3. The Hall–Kier alpha value is -2.65. The van der Waals surface area contributed by atoms with Gasteiger partial charge in [-0.2, -0.15) is 4.31 Å². The summed E-state index contributed by atoms with van der Waals surface area (Å²) in [6.07, 6.45) is 2.62. The van der Waals surface area contributed by atoms with Crippen molar-refractivity contribution < 1.29 is 17.2 Å². The monoisotopic (exact) mass is 419 g/mol. The quantitative estimate of drug-likeness (QED) is 0.652. The Kier molecular flexibility index (Phi) is 5.18. The minimum Gasteiger partial charge on any atom is -0.294 e. The molecule has 0 aliphatic carbocycles. The third-order valence-electron chi connectivity index (χ3n) is 5.18. The van der Waals surface area contributed by atoms with Gasteiger partial charge in [-0.1, -0.05) is 12.1 Å². The molecule has 2 heterocycles. The molecular weight excluding hydrogens is 400 g/mol. The number of fused-ring (bicyclic) bond motifs is 1. The van der Waals surface area contributed by atoms with E-state index >= 15 is 0 Å². The molecule has 0 amide bonds. The molecule has 1 atom stereocenters. The van der Waals surface area contributed by atoms with Crippen LogP contribution in [-0.4, -0.2) is 35.4 Å². The summed E-state index contributed by atoms with van der Waals surface area (Å²) < 4.78 is 55.7. The van der Waals surface area contributed by atoms with E-state index in [0.29, 0.717) is 23.7 Å². The van der Waals surface area contributed by atoms with E-state index in [-0.39, 0.29) is 30.3 Å². The van der Waals surface area contributed by atoms with Crippen molar-refractivity contribution in [1.29, 1.82) is 0 Å². The average molecular weight is 419 g/mol. The van der Waals surface area contributed by atoms with Gasteiger partial charge in [-0.25, -0.2) is 22.2 Å². The van der Waals surface area contributed by atoms with Gasteiger partial charge in [0.2, 0.25) is 10.0 Å². The summed E-state index contributed by atoms with van der Waals surface area (Å²) in [5.74, 6) is -2.09. The predicted molar refractivity (Wildman–Crippen MR) is 105 cm³/mol. The Balaban J connectivity index is 1.60. The van der Waals surface area contributed by atoms with E-state index in [4.69, 9.17) is 0 Å². The van der Waals surface area contributed by atoms with E-state index in [9.17, 15) is 22.0 Å². The third kappa shape index (κ3) is 3.92. The van der Waals surface area contributed by atoms with Gasteiger partial charge in [0.15, 0.2) is 0 Å². The van der Waals surface area contributed by atoms with Gasteiger partial charge in [0, 0.05) is 18.7 Å². The molecule has 0 radical (unpaired) electrons. The molecule has 0 N–H and O–H groups in total. The highest BCUT2D eigenvalue weighted by molar-refractivity contribution is 7.88. The molecule has 3 aromatic rings. The van der Waals surface area contributed by atoms with Crippen LogP contribution in [0.5, 0.6) is 0 Å². The van der Waals surface area contributed by atoms with Gasteiger partial charge in [0.1, 0.15) is 11.6 Å². The molecule has 29 heavy (non-hydrogen) atoms. The Morgan fingerprint density at radius 1 is 1.14 bits per heavy atom. The first-order valence-corrected chi connectivity index (χ1v) is 10.8. The third-order valence-corrected chi connectivity index (χ3v) is 6.98. The van der Waals surface area contributed by atoms with Crippen LogP contribution in [0.3, 0.4) is 0 Å². The summed E-state index contributed by atoms with van der Waals surface area (Å²) in [4.78, 5) is 17.1. The summed E-state index contributed by atoms with van der Waals surface area (Å²) in [6.45, 7) is 0.352. The highest BCUT2D eigenvalue weighted by Crippen LogP contribution is 2.25. The first kappa shape index (κ1) is 19.7. The highest BCUT2D eigenvalue weighted by atomic mass is 32.2. The van der Waals surface area contributed by atoms with Crippen LogP contribution in [0.25, 0.3) is 10.9 Å². The zero-order valence-electron chi connectivity index (χ0n) is 15.5. The summed E-state index contributed by atoms with van der Waals surface area (Å²) in [6, 6.07) is 9.35. The van der Waals surface area contributed by atoms with Crippen LogP contribution in [0.2, 0.25) is 0 Å². The smallest absolute Gasteiger partial charge is 0.261 e.